The Morgan fingerprint density at radius 3 is 1.95 bits per heavy atom. The maximum absolute atomic E-state index is 13.1. The van der Waals surface area contributed by atoms with Crippen LogP contribution in [0.2, 0.25) is 0 Å². The van der Waals surface area contributed by atoms with Gasteiger partial charge in [0.1, 0.15) is 17.2 Å². The average molecular weight is 613 g/mol. The second-order valence-corrected chi connectivity index (χ2v) is 12.1. The second kappa shape index (κ2) is 11.4. The van der Waals surface area contributed by atoms with Gasteiger partial charge in [-0.25, -0.2) is 0 Å². The molecule has 0 bridgehead atoms. The number of aliphatic hydroxyl groups is 4. The standard InChI is InChI=1S/C28H38BrNO9/c1-15-10-16(2)23(21(11-15)39-24(32)25(3,4)5)26(6,7)14-22(31)30-28(35,36)27(33,34)17-12-20(38-9)18(29)13-19(17)37-8/h10-13,33-36H,14H2,1-9H3,(H,30,31). The van der Waals surface area contributed by atoms with E-state index >= 15 is 0 Å². The van der Waals surface area contributed by atoms with E-state index in [1.807, 2.05) is 25.2 Å². The van der Waals surface area contributed by atoms with E-state index in [2.05, 4.69) is 15.9 Å². The van der Waals surface area contributed by atoms with Crippen LogP contribution in [-0.2, 0) is 20.8 Å². The lowest BCUT2D eigenvalue weighted by Crippen LogP contribution is -2.63. The minimum Gasteiger partial charge on any atom is -0.496 e. The summed E-state index contributed by atoms with van der Waals surface area (Å²) in [4.78, 5) is 25.8. The molecule has 0 spiro atoms. The predicted molar refractivity (Wildman–Crippen MR) is 147 cm³/mol. The second-order valence-electron chi connectivity index (χ2n) is 11.2. The van der Waals surface area contributed by atoms with Gasteiger partial charge in [0.2, 0.25) is 5.91 Å². The number of hydrogen-bond donors (Lipinski definition) is 5. The summed E-state index contributed by atoms with van der Waals surface area (Å²) in [5.41, 5.74) is -0.0541. The van der Waals surface area contributed by atoms with Gasteiger partial charge in [-0.3, -0.25) is 9.59 Å². The first-order valence-corrected chi connectivity index (χ1v) is 12.9. The van der Waals surface area contributed by atoms with Crippen LogP contribution in [0.25, 0.3) is 0 Å². The van der Waals surface area contributed by atoms with Crippen molar-refractivity contribution in [2.75, 3.05) is 14.2 Å². The number of aryl methyl sites for hydroxylation is 2. The van der Waals surface area contributed by atoms with Gasteiger partial charge in [0, 0.05) is 17.4 Å². The summed E-state index contributed by atoms with van der Waals surface area (Å²) in [7, 11) is 2.58. The molecule has 39 heavy (non-hydrogen) atoms. The average Bonchev–Trinajstić information content (AvgIpc) is 2.76. The molecule has 10 nitrogen and oxygen atoms in total. The zero-order valence-corrected chi connectivity index (χ0v) is 25.3. The SMILES string of the molecule is COc1cc(C(O)(O)C(O)(O)NC(=O)CC(C)(C)c2c(C)cc(C)cc2OC(=O)C(C)(C)C)c(OC)cc1Br. The van der Waals surface area contributed by atoms with Crippen molar-refractivity contribution in [2.45, 2.75) is 72.0 Å². The number of halogens is 1. The minimum absolute atomic E-state index is 0.115. The molecule has 0 aromatic heterocycles. The van der Waals surface area contributed by atoms with Crippen LogP contribution in [-0.4, -0.2) is 52.4 Å². The Morgan fingerprint density at radius 1 is 0.872 bits per heavy atom. The molecule has 216 valence electrons. The fraction of sp³-hybridized carbons (Fsp3) is 0.500. The molecule has 2 rings (SSSR count). The summed E-state index contributed by atoms with van der Waals surface area (Å²) in [6, 6.07) is 6.06. The Balaban J connectivity index is 2.42. The van der Waals surface area contributed by atoms with Crippen molar-refractivity contribution in [3.63, 3.8) is 0 Å². The van der Waals surface area contributed by atoms with E-state index in [1.165, 1.54) is 20.3 Å². The molecule has 0 atom stereocenters. The van der Waals surface area contributed by atoms with Crippen molar-refractivity contribution in [3.8, 4) is 17.2 Å². The lowest BCUT2D eigenvalue weighted by molar-refractivity contribution is -0.375. The van der Waals surface area contributed by atoms with Gasteiger partial charge in [-0.1, -0.05) is 19.9 Å². The van der Waals surface area contributed by atoms with Crippen molar-refractivity contribution in [1.29, 1.82) is 0 Å². The van der Waals surface area contributed by atoms with E-state index in [4.69, 9.17) is 14.2 Å². The molecule has 0 radical (unpaired) electrons. The summed E-state index contributed by atoms with van der Waals surface area (Å²) >= 11 is 3.24. The predicted octanol–water partition coefficient (Wildman–Crippen LogP) is 3.29. The number of ether oxygens (including phenoxy) is 3. The van der Waals surface area contributed by atoms with Crippen LogP contribution >= 0.6 is 15.9 Å². The Labute approximate surface area is 237 Å². The number of esters is 1. The van der Waals surface area contributed by atoms with Crippen LogP contribution in [0.4, 0.5) is 0 Å². The molecule has 0 saturated carbocycles. The molecule has 11 heteroatoms. The number of hydrogen-bond acceptors (Lipinski definition) is 9. The Bertz CT molecular complexity index is 1250. The summed E-state index contributed by atoms with van der Waals surface area (Å²) < 4.78 is 16.5. The third-order valence-corrected chi connectivity index (χ3v) is 6.81. The van der Waals surface area contributed by atoms with E-state index in [0.717, 1.165) is 17.2 Å². The Hall–Kier alpha value is -2.70. The van der Waals surface area contributed by atoms with Gasteiger partial charge < -0.3 is 40.0 Å². The Kier molecular flexibility index (Phi) is 9.52. The third-order valence-electron chi connectivity index (χ3n) is 6.19. The van der Waals surface area contributed by atoms with Gasteiger partial charge in [-0.2, -0.15) is 0 Å². The van der Waals surface area contributed by atoms with Crippen molar-refractivity contribution >= 4 is 27.8 Å². The molecule has 0 unspecified atom stereocenters. The molecule has 0 saturated heterocycles. The highest BCUT2D eigenvalue weighted by Gasteiger charge is 2.52. The number of carbonyl (C=O) groups excluding carboxylic acids is 2. The fourth-order valence-electron chi connectivity index (χ4n) is 4.27. The normalized spacial score (nSPS) is 12.7. The molecular formula is C28H38BrNO9. The van der Waals surface area contributed by atoms with Gasteiger partial charge >= 0.3 is 11.9 Å². The molecule has 0 aliphatic heterocycles. The lowest BCUT2D eigenvalue weighted by Gasteiger charge is -2.37. The maximum atomic E-state index is 13.1. The number of rotatable bonds is 9. The highest BCUT2D eigenvalue weighted by Crippen LogP contribution is 2.42. The van der Waals surface area contributed by atoms with Gasteiger partial charge in [-0.15, -0.1) is 0 Å². The van der Waals surface area contributed by atoms with Crippen LogP contribution < -0.4 is 19.5 Å². The van der Waals surface area contributed by atoms with Crippen LogP contribution in [0.15, 0.2) is 28.7 Å². The van der Waals surface area contributed by atoms with E-state index < -0.39 is 40.0 Å². The van der Waals surface area contributed by atoms with Crippen LogP contribution in [0, 0.1) is 19.3 Å². The summed E-state index contributed by atoms with van der Waals surface area (Å²) in [5.74, 6) is -8.02. The number of amides is 1. The molecule has 2 aromatic carbocycles. The number of nitrogens with one attached hydrogen (secondary N) is 1. The molecule has 0 heterocycles. The third kappa shape index (κ3) is 7.09. The summed E-state index contributed by atoms with van der Waals surface area (Å²) in [6.45, 7) is 12.3. The molecule has 0 aliphatic carbocycles. The highest BCUT2D eigenvalue weighted by molar-refractivity contribution is 9.10. The van der Waals surface area contributed by atoms with Crippen molar-refractivity contribution in [2.24, 2.45) is 5.41 Å². The number of methoxy groups -OCH3 is 2. The van der Waals surface area contributed by atoms with Gasteiger partial charge in [0.15, 0.2) is 0 Å². The zero-order valence-electron chi connectivity index (χ0n) is 23.7. The number of benzene rings is 2. The molecule has 0 fully saturated rings. The van der Waals surface area contributed by atoms with E-state index in [0.29, 0.717) is 10.0 Å². The highest BCUT2D eigenvalue weighted by atomic mass is 79.9. The summed E-state index contributed by atoms with van der Waals surface area (Å²) in [6.07, 6.45) is -0.337. The van der Waals surface area contributed by atoms with Gasteiger partial charge in [0.05, 0.1) is 29.7 Å². The zero-order chi connectivity index (χ0) is 30.1. The van der Waals surface area contributed by atoms with Crippen molar-refractivity contribution in [1.82, 2.24) is 5.32 Å². The van der Waals surface area contributed by atoms with Crippen LogP contribution in [0.3, 0.4) is 0 Å². The largest absolute Gasteiger partial charge is 0.496 e. The lowest BCUT2D eigenvalue weighted by atomic mass is 9.78. The smallest absolute Gasteiger partial charge is 0.316 e. The first kappa shape index (κ1) is 32.5. The first-order valence-electron chi connectivity index (χ1n) is 12.1. The van der Waals surface area contributed by atoms with Gasteiger partial charge in [-0.05, 0) is 79.9 Å². The van der Waals surface area contributed by atoms with Crippen LogP contribution in [0.1, 0.15) is 63.3 Å². The van der Waals surface area contributed by atoms with E-state index in [-0.39, 0.29) is 23.7 Å². The van der Waals surface area contributed by atoms with Crippen LogP contribution in [0.5, 0.6) is 17.2 Å². The Morgan fingerprint density at radius 2 is 1.44 bits per heavy atom. The minimum atomic E-state index is -3.55. The van der Waals surface area contributed by atoms with E-state index in [9.17, 15) is 30.0 Å². The molecular weight excluding hydrogens is 574 g/mol. The molecule has 2 aromatic rings. The first-order chi connectivity index (χ1) is 17.7. The monoisotopic (exact) mass is 611 g/mol. The maximum Gasteiger partial charge on any atom is 0.316 e. The van der Waals surface area contributed by atoms with Gasteiger partial charge in [0.25, 0.3) is 5.79 Å². The number of carbonyl (C=O) groups is 2. The summed E-state index contributed by atoms with van der Waals surface area (Å²) in [5, 5.41) is 44.9. The fourth-order valence-corrected chi connectivity index (χ4v) is 4.75. The topological polar surface area (TPSA) is 155 Å². The quantitative estimate of drug-likeness (QED) is 0.163. The van der Waals surface area contributed by atoms with E-state index in [1.54, 1.807) is 40.7 Å². The molecule has 5 N–H and O–H groups in total. The van der Waals surface area contributed by atoms with Crippen molar-refractivity contribution in [3.05, 3.63) is 51.0 Å². The molecule has 1 amide bonds. The van der Waals surface area contributed by atoms with Crippen molar-refractivity contribution < 1.29 is 44.2 Å². The molecule has 0 aliphatic rings.